The molecule has 8 nitrogen and oxygen atoms in total. The number of amides is 1. The van der Waals surface area contributed by atoms with Crippen molar-refractivity contribution in [2.45, 2.75) is 19.9 Å². The van der Waals surface area contributed by atoms with Crippen molar-refractivity contribution in [2.75, 3.05) is 13.2 Å². The van der Waals surface area contributed by atoms with E-state index in [1.807, 2.05) is 23.6 Å². The summed E-state index contributed by atoms with van der Waals surface area (Å²) in [5, 5.41) is 12.3. The maximum absolute atomic E-state index is 12.6. The van der Waals surface area contributed by atoms with Crippen LogP contribution in [-0.4, -0.2) is 36.4 Å². The van der Waals surface area contributed by atoms with Gasteiger partial charge >= 0.3 is 5.97 Å². The van der Waals surface area contributed by atoms with Gasteiger partial charge in [-0.1, -0.05) is 24.3 Å². The Labute approximate surface area is 189 Å². The summed E-state index contributed by atoms with van der Waals surface area (Å²) >= 11 is 6.78. The Balaban J connectivity index is 1.74. The van der Waals surface area contributed by atoms with Crippen LogP contribution in [0.3, 0.4) is 0 Å². The zero-order valence-electron chi connectivity index (χ0n) is 17.0. The number of carbonyl (C=O) groups excluding carboxylic acids is 2. The Kier molecular flexibility index (Phi) is 7.74. The third-order valence-corrected chi connectivity index (χ3v) is 5.30. The lowest BCUT2D eigenvalue weighted by Gasteiger charge is -2.30. The van der Waals surface area contributed by atoms with Crippen LogP contribution in [-0.2, 0) is 14.3 Å². The molecule has 1 aromatic carbocycles. The number of thiocarbonyl (C=S) groups is 1. The average Bonchev–Trinajstić information content (AvgIpc) is 3.25. The second kappa shape index (κ2) is 10.7. The summed E-state index contributed by atoms with van der Waals surface area (Å²) in [5.74, 6) is -0.423. The van der Waals surface area contributed by atoms with E-state index in [0.29, 0.717) is 27.7 Å². The van der Waals surface area contributed by atoms with Crippen LogP contribution in [0.15, 0.2) is 58.1 Å². The van der Waals surface area contributed by atoms with E-state index >= 15 is 0 Å². The summed E-state index contributed by atoms with van der Waals surface area (Å²) in [5.41, 5.74) is 4.09. The molecular formula is C21H22N4O4S2. The van der Waals surface area contributed by atoms with E-state index in [-0.39, 0.29) is 13.2 Å². The first-order chi connectivity index (χ1) is 15.0. The fourth-order valence-corrected chi connectivity index (χ4v) is 3.82. The molecule has 162 valence electrons. The highest BCUT2D eigenvalue weighted by Crippen LogP contribution is 2.33. The number of hydrogen-bond donors (Lipinski definition) is 3. The third-order valence-electron chi connectivity index (χ3n) is 4.28. The number of para-hydroxylation sites is 1. The van der Waals surface area contributed by atoms with Crippen LogP contribution in [0.25, 0.3) is 0 Å². The van der Waals surface area contributed by atoms with Crippen molar-refractivity contribution in [3.8, 4) is 5.75 Å². The van der Waals surface area contributed by atoms with Gasteiger partial charge in [-0.25, -0.2) is 10.2 Å². The fraction of sp³-hybridized carbons (Fsp3) is 0.238. The lowest BCUT2D eigenvalue weighted by molar-refractivity contribution is -0.139. The minimum atomic E-state index is -0.580. The molecule has 1 amide bonds. The van der Waals surface area contributed by atoms with Crippen LogP contribution in [0.2, 0.25) is 0 Å². The quantitative estimate of drug-likeness (QED) is 0.242. The van der Waals surface area contributed by atoms with Gasteiger partial charge in [-0.3, -0.25) is 4.79 Å². The summed E-state index contributed by atoms with van der Waals surface area (Å²) < 4.78 is 10.9. The number of nitrogens with zero attached hydrogens (tertiary/aromatic N) is 1. The third kappa shape index (κ3) is 5.89. The number of esters is 1. The van der Waals surface area contributed by atoms with E-state index in [2.05, 4.69) is 21.2 Å². The average molecular weight is 459 g/mol. The monoisotopic (exact) mass is 458 g/mol. The van der Waals surface area contributed by atoms with Crippen molar-refractivity contribution in [3.63, 3.8) is 0 Å². The van der Waals surface area contributed by atoms with Crippen LogP contribution < -0.4 is 20.8 Å². The molecule has 0 saturated carbocycles. The smallest absolute Gasteiger partial charge is 0.338 e. The van der Waals surface area contributed by atoms with Crippen molar-refractivity contribution in [2.24, 2.45) is 5.10 Å². The van der Waals surface area contributed by atoms with Crippen molar-refractivity contribution in [1.29, 1.82) is 0 Å². The number of benzene rings is 1. The zero-order valence-corrected chi connectivity index (χ0v) is 18.6. The van der Waals surface area contributed by atoms with E-state index in [1.54, 1.807) is 38.3 Å². The first-order valence-electron chi connectivity index (χ1n) is 9.52. The summed E-state index contributed by atoms with van der Waals surface area (Å²) in [7, 11) is 0. The molecule has 0 bridgehead atoms. The Morgan fingerprint density at radius 2 is 2.10 bits per heavy atom. The number of allylic oxidation sites excluding steroid dienone is 1. The van der Waals surface area contributed by atoms with Gasteiger partial charge in [0.25, 0.3) is 5.91 Å². The highest BCUT2D eigenvalue weighted by Gasteiger charge is 2.32. The normalized spacial score (nSPS) is 15.9. The van der Waals surface area contributed by atoms with Crippen molar-refractivity contribution in [3.05, 3.63) is 63.5 Å². The highest BCUT2D eigenvalue weighted by atomic mass is 32.1. The Bertz CT molecular complexity index is 1020. The van der Waals surface area contributed by atoms with E-state index in [1.165, 1.54) is 11.3 Å². The predicted molar refractivity (Wildman–Crippen MR) is 123 cm³/mol. The molecule has 1 aromatic heterocycles. The minimum Gasteiger partial charge on any atom is -0.483 e. The molecule has 0 radical (unpaired) electrons. The summed E-state index contributed by atoms with van der Waals surface area (Å²) in [6.45, 7) is 3.51. The fourth-order valence-electron chi connectivity index (χ4n) is 2.97. The molecule has 3 N–H and O–H groups in total. The lowest BCUT2D eigenvalue weighted by Crippen LogP contribution is -2.45. The molecule has 2 heterocycles. The SMILES string of the molecule is CCOC(=O)C1=C(C)NC(=S)N[C@@H]1c1ccccc1OCC(=O)NN=Cc1cccs1. The van der Waals surface area contributed by atoms with Crippen molar-refractivity contribution >= 4 is 46.8 Å². The molecular weight excluding hydrogens is 436 g/mol. The van der Waals surface area contributed by atoms with Crippen molar-refractivity contribution in [1.82, 2.24) is 16.1 Å². The second-order valence-electron chi connectivity index (χ2n) is 6.43. The molecule has 1 atom stereocenters. The van der Waals surface area contributed by atoms with Gasteiger partial charge in [0.15, 0.2) is 11.7 Å². The molecule has 0 saturated heterocycles. The van der Waals surface area contributed by atoms with E-state index < -0.39 is 17.9 Å². The molecule has 0 spiro atoms. The number of thiophene rings is 1. The first kappa shape index (κ1) is 22.4. The van der Waals surface area contributed by atoms with Gasteiger partial charge < -0.3 is 20.1 Å². The van der Waals surface area contributed by atoms with Gasteiger partial charge in [0.05, 0.1) is 24.4 Å². The molecule has 10 heteroatoms. The Hall–Kier alpha value is -3.24. The van der Waals surface area contributed by atoms with E-state index in [4.69, 9.17) is 21.7 Å². The van der Waals surface area contributed by atoms with Gasteiger partial charge in [0.1, 0.15) is 5.75 Å². The molecule has 3 rings (SSSR count). The standard InChI is InChI=1S/C21H22N4O4S2/c1-3-28-20(27)18-13(2)23-21(30)24-19(18)15-8-4-5-9-16(15)29-12-17(26)25-22-11-14-7-6-10-31-14/h4-11,19H,3,12H2,1-2H3,(H,25,26)(H2,23,24,30)/t19-/m1/s1. The molecule has 1 aliphatic rings. The van der Waals surface area contributed by atoms with Gasteiger partial charge in [-0.05, 0) is 43.6 Å². The van der Waals surface area contributed by atoms with Crippen molar-refractivity contribution < 1.29 is 19.1 Å². The number of rotatable bonds is 8. The van der Waals surface area contributed by atoms with Gasteiger partial charge in [-0.2, -0.15) is 5.10 Å². The maximum atomic E-state index is 12.6. The van der Waals surface area contributed by atoms with Crippen LogP contribution in [0.5, 0.6) is 5.75 Å². The predicted octanol–water partition coefficient (Wildman–Crippen LogP) is 2.63. The molecule has 2 aromatic rings. The molecule has 0 fully saturated rings. The number of ether oxygens (including phenoxy) is 2. The van der Waals surface area contributed by atoms with Crippen LogP contribution >= 0.6 is 23.6 Å². The number of hydrazone groups is 1. The maximum Gasteiger partial charge on any atom is 0.338 e. The topological polar surface area (TPSA) is 101 Å². The molecule has 31 heavy (non-hydrogen) atoms. The Morgan fingerprint density at radius 1 is 1.29 bits per heavy atom. The zero-order chi connectivity index (χ0) is 22.2. The lowest BCUT2D eigenvalue weighted by atomic mass is 9.95. The van der Waals surface area contributed by atoms with Crippen LogP contribution in [0.4, 0.5) is 0 Å². The largest absolute Gasteiger partial charge is 0.483 e. The van der Waals surface area contributed by atoms with Crippen LogP contribution in [0, 0.1) is 0 Å². The summed E-state index contributed by atoms with van der Waals surface area (Å²) in [6.07, 6.45) is 1.57. The van der Waals surface area contributed by atoms with Crippen LogP contribution in [0.1, 0.15) is 30.3 Å². The Morgan fingerprint density at radius 3 is 2.84 bits per heavy atom. The van der Waals surface area contributed by atoms with E-state index in [0.717, 1.165) is 4.88 Å². The first-order valence-corrected chi connectivity index (χ1v) is 10.8. The summed E-state index contributed by atoms with van der Waals surface area (Å²) in [4.78, 5) is 25.6. The molecule has 0 unspecified atom stereocenters. The number of nitrogens with one attached hydrogen (secondary N) is 3. The van der Waals surface area contributed by atoms with Gasteiger partial charge in [0, 0.05) is 16.1 Å². The molecule has 1 aliphatic heterocycles. The number of carbonyl (C=O) groups is 2. The van der Waals surface area contributed by atoms with Gasteiger partial charge in [0.2, 0.25) is 0 Å². The second-order valence-corrected chi connectivity index (χ2v) is 7.81. The van der Waals surface area contributed by atoms with Gasteiger partial charge in [-0.15, -0.1) is 11.3 Å². The number of hydrogen-bond acceptors (Lipinski definition) is 7. The highest BCUT2D eigenvalue weighted by molar-refractivity contribution is 7.80. The molecule has 0 aliphatic carbocycles. The summed E-state index contributed by atoms with van der Waals surface area (Å²) in [6, 6.07) is 10.3. The van der Waals surface area contributed by atoms with E-state index in [9.17, 15) is 9.59 Å². The minimum absolute atomic E-state index is 0.244.